The fourth-order valence-corrected chi connectivity index (χ4v) is 2.20. The van der Waals surface area contributed by atoms with Crippen molar-refractivity contribution in [1.29, 1.82) is 0 Å². The molecule has 0 N–H and O–H groups in total. The first-order valence-electron chi connectivity index (χ1n) is 11.0. The van der Waals surface area contributed by atoms with E-state index >= 15 is 0 Å². The summed E-state index contributed by atoms with van der Waals surface area (Å²) in [6.45, 7) is 15.1. The maximum absolute atomic E-state index is 10.0. The molecule has 0 spiro atoms. The average Bonchev–Trinajstić information content (AvgIpc) is 2.51. The molecule has 0 rings (SSSR count). The molecule has 10 heteroatoms. The van der Waals surface area contributed by atoms with Gasteiger partial charge in [-0.15, -0.1) is 0 Å². The minimum absolute atomic E-state index is 0. The zero-order valence-electron chi connectivity index (χ0n) is 21.9. The Morgan fingerprint density at radius 2 is 0.706 bits per heavy atom. The van der Waals surface area contributed by atoms with Crippen molar-refractivity contribution < 1.29 is 73.7 Å². The first-order valence-corrected chi connectivity index (χ1v) is 11.0. The predicted molar refractivity (Wildman–Crippen MR) is 116 cm³/mol. The molecule has 0 aliphatic heterocycles. The van der Waals surface area contributed by atoms with E-state index in [4.69, 9.17) is 19.8 Å². The van der Waals surface area contributed by atoms with Crippen LogP contribution in [0.15, 0.2) is 0 Å². The normalized spacial score (nSPS) is 9.65. The zero-order chi connectivity index (χ0) is 26.4. The second kappa shape index (κ2) is 28.2. The molecule has 0 aromatic rings. The van der Waals surface area contributed by atoms with Gasteiger partial charge in [0.15, 0.2) is 0 Å². The van der Waals surface area contributed by atoms with Crippen LogP contribution in [-0.4, -0.2) is 23.9 Å². The van der Waals surface area contributed by atoms with Gasteiger partial charge >= 0.3 is 34.1 Å². The Labute approximate surface area is 227 Å². The van der Waals surface area contributed by atoms with Crippen LogP contribution in [-0.2, 0) is 53.3 Å². The molecule has 34 heavy (non-hydrogen) atoms. The van der Waals surface area contributed by atoms with Gasteiger partial charge in [0.2, 0.25) is 0 Å². The van der Waals surface area contributed by atoms with Crippen molar-refractivity contribution in [1.82, 2.24) is 0 Å². The monoisotopic (exact) mass is 586 g/mol. The second-order valence-corrected chi connectivity index (χ2v) is 9.97. The van der Waals surface area contributed by atoms with Crippen molar-refractivity contribution in [2.24, 2.45) is 10.8 Å². The first kappa shape index (κ1) is 46.3. The molecular weight excluding hydrogens is 543 g/mol. The third kappa shape index (κ3) is 96.7. The standard InChI is InChI=1S/2C10H20O2.2C2H4O2.2Cu/c2*1-10(2,3)8-6-4-5-7-9(11)12;2*1-2(3)4;;/h2*4-8H2,1-3H3,(H,11,12);2*1H3,(H,3,4);;/q;;;;2*+2/p-4. The number of carboxylic acid groups (broad SMARTS) is 4. The molecule has 0 heterocycles. The maximum atomic E-state index is 10.0. The number of carbonyl (C=O) groups is 4. The van der Waals surface area contributed by atoms with Crippen LogP contribution < -0.4 is 20.4 Å². The van der Waals surface area contributed by atoms with Gasteiger partial charge in [0.25, 0.3) is 0 Å². The summed E-state index contributed by atoms with van der Waals surface area (Å²) < 4.78 is 0. The topological polar surface area (TPSA) is 161 Å². The summed E-state index contributed by atoms with van der Waals surface area (Å²) in [6.07, 6.45) is 8.54. The quantitative estimate of drug-likeness (QED) is 0.270. The summed E-state index contributed by atoms with van der Waals surface area (Å²) in [7, 11) is 0. The summed E-state index contributed by atoms with van der Waals surface area (Å²) in [4.78, 5) is 37.9. The van der Waals surface area contributed by atoms with Gasteiger partial charge in [-0.05, 0) is 63.2 Å². The van der Waals surface area contributed by atoms with Gasteiger partial charge in [-0.25, -0.2) is 0 Å². The van der Waals surface area contributed by atoms with E-state index in [2.05, 4.69) is 41.5 Å². The average molecular weight is 588 g/mol. The van der Waals surface area contributed by atoms with E-state index < -0.39 is 23.9 Å². The van der Waals surface area contributed by atoms with Crippen LogP contribution in [0.1, 0.15) is 120 Å². The number of carbonyl (C=O) groups excluding carboxylic acids is 4. The van der Waals surface area contributed by atoms with Gasteiger partial charge in [-0.2, -0.15) is 0 Å². The van der Waals surface area contributed by atoms with E-state index in [1.165, 1.54) is 12.8 Å². The van der Waals surface area contributed by atoms with Crippen molar-refractivity contribution in [3.63, 3.8) is 0 Å². The van der Waals surface area contributed by atoms with Crippen molar-refractivity contribution in [3.05, 3.63) is 0 Å². The van der Waals surface area contributed by atoms with Crippen molar-refractivity contribution in [2.75, 3.05) is 0 Å². The van der Waals surface area contributed by atoms with E-state index in [0.29, 0.717) is 10.8 Å². The Bertz CT molecular complexity index is 456. The molecule has 0 aliphatic rings. The molecule has 0 atom stereocenters. The number of hydrogen-bond acceptors (Lipinski definition) is 8. The molecule has 8 nitrogen and oxygen atoms in total. The smallest absolute Gasteiger partial charge is 0.550 e. The van der Waals surface area contributed by atoms with Crippen LogP contribution in [0.25, 0.3) is 0 Å². The van der Waals surface area contributed by atoms with Crippen molar-refractivity contribution in [2.45, 2.75) is 120 Å². The Morgan fingerprint density at radius 3 is 0.853 bits per heavy atom. The fourth-order valence-electron chi connectivity index (χ4n) is 2.20. The number of aliphatic carboxylic acids is 4. The van der Waals surface area contributed by atoms with Crippen LogP contribution >= 0.6 is 0 Å². The van der Waals surface area contributed by atoms with Gasteiger partial charge < -0.3 is 39.6 Å². The molecular formula is C24H44Cu2O8. The predicted octanol–water partition coefficient (Wildman–Crippen LogP) is 0.973. The third-order valence-corrected chi connectivity index (χ3v) is 3.62. The summed E-state index contributed by atoms with van der Waals surface area (Å²) in [5, 5.41) is 37.9. The van der Waals surface area contributed by atoms with Crippen molar-refractivity contribution in [3.8, 4) is 0 Å². The van der Waals surface area contributed by atoms with E-state index in [-0.39, 0.29) is 47.0 Å². The van der Waals surface area contributed by atoms with Crippen LogP contribution in [0.3, 0.4) is 0 Å². The Balaban J connectivity index is -0.0000000840. The molecule has 2 radical (unpaired) electrons. The Kier molecular flexibility index (Phi) is 38.3. The van der Waals surface area contributed by atoms with E-state index in [9.17, 15) is 19.8 Å². The Hall–Kier alpha value is -1.08. The van der Waals surface area contributed by atoms with E-state index in [1.807, 2.05) is 0 Å². The number of carboxylic acids is 4. The van der Waals surface area contributed by atoms with E-state index in [0.717, 1.165) is 52.4 Å². The summed E-state index contributed by atoms with van der Waals surface area (Å²) in [5.41, 5.74) is 0.753. The van der Waals surface area contributed by atoms with Gasteiger partial charge in [-0.1, -0.05) is 67.2 Å². The molecule has 0 aromatic carbocycles. The van der Waals surface area contributed by atoms with Crippen LogP contribution in [0.5, 0.6) is 0 Å². The molecule has 0 bridgehead atoms. The van der Waals surface area contributed by atoms with Gasteiger partial charge in [-0.3, -0.25) is 0 Å². The minimum atomic E-state index is -1.08. The molecule has 0 unspecified atom stereocenters. The SMILES string of the molecule is CC(=O)[O-].CC(=O)[O-].CC(C)(C)CCCCCC(=O)[O-].CC(C)(C)CCCCCC(=O)[O-].[Cu+2].[Cu+2]. The number of rotatable bonds is 10. The number of unbranched alkanes of at least 4 members (excludes halogenated alkanes) is 4. The molecule has 0 aromatic heterocycles. The molecule has 0 amide bonds. The molecule has 0 aliphatic carbocycles. The van der Waals surface area contributed by atoms with Crippen LogP contribution in [0.2, 0.25) is 0 Å². The molecule has 210 valence electrons. The van der Waals surface area contributed by atoms with Gasteiger partial charge in [0.05, 0.1) is 0 Å². The minimum Gasteiger partial charge on any atom is -0.550 e. The largest absolute Gasteiger partial charge is 2.00 e. The third-order valence-electron chi connectivity index (χ3n) is 3.62. The number of hydrogen-bond donors (Lipinski definition) is 0. The first-order chi connectivity index (χ1) is 14.3. The van der Waals surface area contributed by atoms with Gasteiger partial charge in [0.1, 0.15) is 0 Å². The van der Waals surface area contributed by atoms with Crippen LogP contribution in [0, 0.1) is 10.8 Å². The summed E-state index contributed by atoms with van der Waals surface area (Å²) >= 11 is 0. The second-order valence-electron chi connectivity index (χ2n) is 9.97. The summed E-state index contributed by atoms with van der Waals surface area (Å²) in [5.74, 6) is -4.02. The molecule has 0 saturated heterocycles. The molecule has 0 fully saturated rings. The Morgan fingerprint density at radius 1 is 0.500 bits per heavy atom. The van der Waals surface area contributed by atoms with Crippen molar-refractivity contribution >= 4 is 23.9 Å². The summed E-state index contributed by atoms with van der Waals surface area (Å²) in [6, 6.07) is 0. The molecule has 0 saturated carbocycles. The maximum Gasteiger partial charge on any atom is 2.00 e. The van der Waals surface area contributed by atoms with Crippen LogP contribution in [0.4, 0.5) is 0 Å². The zero-order valence-corrected chi connectivity index (χ0v) is 23.8. The van der Waals surface area contributed by atoms with E-state index in [1.54, 1.807) is 0 Å². The van der Waals surface area contributed by atoms with Gasteiger partial charge in [0, 0.05) is 23.9 Å². The fraction of sp³-hybridized carbons (Fsp3) is 0.833.